The molecular weight excluding hydrogens is 260 g/mol. The highest BCUT2D eigenvalue weighted by Crippen LogP contribution is 2.21. The lowest BCUT2D eigenvalue weighted by Gasteiger charge is -2.25. The zero-order valence-corrected chi connectivity index (χ0v) is 13.1. The van der Waals surface area contributed by atoms with Crippen LogP contribution in [-0.4, -0.2) is 23.1 Å². The number of nitrogens with zero attached hydrogens (tertiary/aromatic N) is 3. The molecule has 21 heavy (non-hydrogen) atoms. The lowest BCUT2D eigenvalue weighted by atomic mass is 10.2. The van der Waals surface area contributed by atoms with E-state index in [1.807, 2.05) is 25.4 Å². The van der Waals surface area contributed by atoms with Gasteiger partial charge in [0.05, 0.1) is 12.2 Å². The average Bonchev–Trinajstić information content (AvgIpc) is 2.51. The van der Waals surface area contributed by atoms with Crippen molar-refractivity contribution >= 4 is 5.69 Å². The van der Waals surface area contributed by atoms with Gasteiger partial charge in [-0.05, 0) is 38.6 Å². The van der Waals surface area contributed by atoms with Crippen LogP contribution in [0.5, 0.6) is 0 Å². The van der Waals surface area contributed by atoms with Gasteiger partial charge in [0.15, 0.2) is 0 Å². The highest BCUT2D eigenvalue weighted by Gasteiger charge is 2.11. The molecule has 0 spiro atoms. The summed E-state index contributed by atoms with van der Waals surface area (Å²) in [5.74, 6) is 0. The van der Waals surface area contributed by atoms with Crippen LogP contribution in [0.1, 0.15) is 30.8 Å². The lowest BCUT2D eigenvalue weighted by molar-refractivity contribution is 0.714. The molecule has 0 unspecified atom stereocenters. The zero-order valence-electron chi connectivity index (χ0n) is 13.1. The molecule has 0 aliphatic carbocycles. The maximum atomic E-state index is 4.61. The van der Waals surface area contributed by atoms with Gasteiger partial charge in [0.1, 0.15) is 0 Å². The molecule has 0 aliphatic heterocycles. The van der Waals surface area contributed by atoms with Gasteiger partial charge >= 0.3 is 0 Å². The van der Waals surface area contributed by atoms with Gasteiger partial charge in [-0.3, -0.25) is 9.97 Å². The Bertz CT molecular complexity index is 568. The second-order valence-electron chi connectivity index (χ2n) is 5.07. The van der Waals surface area contributed by atoms with Crippen LogP contribution in [-0.2, 0) is 13.1 Å². The first kappa shape index (κ1) is 15.4. The Morgan fingerprint density at radius 3 is 2.76 bits per heavy atom. The Hall–Kier alpha value is -1.94. The lowest BCUT2D eigenvalue weighted by Crippen LogP contribution is -2.25. The van der Waals surface area contributed by atoms with Crippen LogP contribution >= 0.6 is 0 Å². The van der Waals surface area contributed by atoms with Gasteiger partial charge in [-0.1, -0.05) is 13.0 Å². The molecule has 2 aromatic rings. The first-order valence-electron chi connectivity index (χ1n) is 7.55. The van der Waals surface area contributed by atoms with Crippen molar-refractivity contribution in [1.29, 1.82) is 0 Å². The van der Waals surface area contributed by atoms with Crippen LogP contribution in [0.15, 0.2) is 36.7 Å². The topological polar surface area (TPSA) is 41.1 Å². The predicted octanol–water partition coefficient (Wildman–Crippen LogP) is 2.92. The van der Waals surface area contributed by atoms with Crippen LogP contribution in [0.4, 0.5) is 5.69 Å². The van der Waals surface area contributed by atoms with E-state index in [0.717, 1.165) is 37.6 Å². The van der Waals surface area contributed by atoms with Crippen molar-refractivity contribution in [2.75, 3.05) is 18.0 Å². The molecule has 0 saturated heterocycles. The molecule has 4 heteroatoms. The summed E-state index contributed by atoms with van der Waals surface area (Å²) in [5, 5.41) is 3.37. The Morgan fingerprint density at radius 1 is 1.19 bits per heavy atom. The summed E-state index contributed by atoms with van der Waals surface area (Å²) in [4.78, 5) is 11.2. The number of hydrogen-bond donors (Lipinski definition) is 1. The normalized spacial score (nSPS) is 10.6. The molecule has 0 radical (unpaired) electrons. The van der Waals surface area contributed by atoms with Crippen LogP contribution < -0.4 is 10.2 Å². The molecule has 0 aliphatic rings. The first-order valence-corrected chi connectivity index (χ1v) is 7.55. The standard InChI is InChI=1S/C17H24N4/c1-4-18-11-15-12-19-10-9-17(15)21(5-2)13-16-8-6-7-14(3)20-16/h6-10,12,18H,4-5,11,13H2,1-3H3. The van der Waals surface area contributed by atoms with E-state index in [4.69, 9.17) is 0 Å². The van der Waals surface area contributed by atoms with E-state index < -0.39 is 0 Å². The Balaban J connectivity index is 2.20. The summed E-state index contributed by atoms with van der Waals surface area (Å²) >= 11 is 0. The molecule has 1 N–H and O–H groups in total. The molecular formula is C17H24N4. The molecule has 0 bridgehead atoms. The summed E-state index contributed by atoms with van der Waals surface area (Å²) < 4.78 is 0. The van der Waals surface area contributed by atoms with Crippen LogP contribution in [0, 0.1) is 6.92 Å². The van der Waals surface area contributed by atoms with Crippen LogP contribution in [0.25, 0.3) is 0 Å². The Morgan fingerprint density at radius 2 is 2.05 bits per heavy atom. The van der Waals surface area contributed by atoms with Gasteiger partial charge in [0.25, 0.3) is 0 Å². The number of hydrogen-bond acceptors (Lipinski definition) is 4. The van der Waals surface area contributed by atoms with Crippen LogP contribution in [0.2, 0.25) is 0 Å². The first-order chi connectivity index (χ1) is 10.2. The molecule has 0 aromatic carbocycles. The number of aryl methyl sites for hydroxylation is 1. The smallest absolute Gasteiger partial charge is 0.0602 e. The fourth-order valence-electron chi connectivity index (χ4n) is 2.37. The minimum Gasteiger partial charge on any atom is -0.366 e. The van der Waals surface area contributed by atoms with Gasteiger partial charge in [0.2, 0.25) is 0 Å². The highest BCUT2D eigenvalue weighted by atomic mass is 15.1. The number of anilines is 1. The molecule has 4 nitrogen and oxygen atoms in total. The van der Waals surface area contributed by atoms with Crippen molar-refractivity contribution in [2.24, 2.45) is 0 Å². The molecule has 0 fully saturated rings. The van der Waals surface area contributed by atoms with E-state index in [2.05, 4.69) is 52.2 Å². The second-order valence-corrected chi connectivity index (χ2v) is 5.07. The SMILES string of the molecule is CCNCc1cnccc1N(CC)Cc1cccc(C)n1. The van der Waals surface area contributed by atoms with E-state index in [1.165, 1.54) is 11.3 Å². The summed E-state index contributed by atoms with van der Waals surface area (Å²) in [6.45, 7) is 9.89. The third kappa shape index (κ3) is 4.26. The quantitative estimate of drug-likeness (QED) is 0.849. The van der Waals surface area contributed by atoms with E-state index in [1.54, 1.807) is 0 Å². The maximum absolute atomic E-state index is 4.61. The van der Waals surface area contributed by atoms with Gasteiger partial charge in [-0.25, -0.2) is 0 Å². The van der Waals surface area contributed by atoms with Crippen LogP contribution in [0.3, 0.4) is 0 Å². The number of aromatic nitrogens is 2. The molecule has 2 heterocycles. The van der Waals surface area contributed by atoms with Crippen molar-refractivity contribution in [2.45, 2.75) is 33.9 Å². The molecule has 0 saturated carbocycles. The van der Waals surface area contributed by atoms with Gasteiger partial charge < -0.3 is 10.2 Å². The van der Waals surface area contributed by atoms with E-state index >= 15 is 0 Å². The summed E-state index contributed by atoms with van der Waals surface area (Å²) in [6.07, 6.45) is 3.81. The summed E-state index contributed by atoms with van der Waals surface area (Å²) in [7, 11) is 0. The number of pyridine rings is 2. The number of nitrogens with one attached hydrogen (secondary N) is 1. The van der Waals surface area contributed by atoms with E-state index in [-0.39, 0.29) is 0 Å². The van der Waals surface area contributed by atoms with Crippen molar-refractivity contribution in [3.05, 3.63) is 53.6 Å². The summed E-state index contributed by atoms with van der Waals surface area (Å²) in [6, 6.07) is 8.27. The largest absolute Gasteiger partial charge is 0.366 e. The highest BCUT2D eigenvalue weighted by molar-refractivity contribution is 5.52. The molecule has 2 aromatic heterocycles. The van der Waals surface area contributed by atoms with E-state index in [9.17, 15) is 0 Å². The third-order valence-corrected chi connectivity index (χ3v) is 3.46. The number of rotatable bonds is 7. The summed E-state index contributed by atoms with van der Waals surface area (Å²) in [5.41, 5.74) is 4.62. The maximum Gasteiger partial charge on any atom is 0.0602 e. The van der Waals surface area contributed by atoms with Gasteiger partial charge in [-0.15, -0.1) is 0 Å². The Labute approximate surface area is 127 Å². The van der Waals surface area contributed by atoms with Crippen molar-refractivity contribution in [1.82, 2.24) is 15.3 Å². The molecule has 0 atom stereocenters. The minimum absolute atomic E-state index is 0.821. The van der Waals surface area contributed by atoms with E-state index in [0.29, 0.717) is 0 Å². The third-order valence-electron chi connectivity index (χ3n) is 3.46. The second kappa shape index (κ2) is 7.74. The van der Waals surface area contributed by atoms with Crippen molar-refractivity contribution in [3.8, 4) is 0 Å². The van der Waals surface area contributed by atoms with Crippen molar-refractivity contribution in [3.63, 3.8) is 0 Å². The van der Waals surface area contributed by atoms with Gasteiger partial charge in [0, 0.05) is 42.4 Å². The molecule has 2 rings (SSSR count). The van der Waals surface area contributed by atoms with Crippen molar-refractivity contribution < 1.29 is 0 Å². The zero-order chi connectivity index (χ0) is 15.1. The minimum atomic E-state index is 0.821. The Kier molecular flexibility index (Phi) is 5.69. The predicted molar refractivity (Wildman–Crippen MR) is 87.3 cm³/mol. The molecule has 0 amide bonds. The van der Waals surface area contributed by atoms with Gasteiger partial charge in [-0.2, -0.15) is 0 Å². The molecule has 112 valence electrons. The average molecular weight is 284 g/mol. The monoisotopic (exact) mass is 284 g/mol. The fourth-order valence-corrected chi connectivity index (χ4v) is 2.37. The fraction of sp³-hybridized carbons (Fsp3) is 0.412.